The van der Waals surface area contributed by atoms with Crippen LogP contribution < -0.4 is 0 Å². The van der Waals surface area contributed by atoms with Crippen molar-refractivity contribution in [1.82, 2.24) is 0 Å². The van der Waals surface area contributed by atoms with Crippen molar-refractivity contribution >= 4 is 20.8 Å². The molecule has 4 rings (SSSR count). The van der Waals surface area contributed by atoms with E-state index >= 15 is 0 Å². The van der Waals surface area contributed by atoms with E-state index in [1.807, 2.05) is 6.92 Å². The summed E-state index contributed by atoms with van der Waals surface area (Å²) in [6.07, 6.45) is 7.41. The molecule has 4 saturated carbocycles. The molecule has 0 saturated heterocycles. The third-order valence-electron chi connectivity index (χ3n) is 11.6. The van der Waals surface area contributed by atoms with Crippen LogP contribution in [-0.2, 0) is 29.2 Å². The summed E-state index contributed by atoms with van der Waals surface area (Å²) < 4.78 is 73.8. The first-order valence-electron chi connectivity index (χ1n) is 14.6. The first-order chi connectivity index (χ1) is 18.1. The summed E-state index contributed by atoms with van der Waals surface area (Å²) in [6, 6.07) is 0. The Labute approximate surface area is 234 Å². The van der Waals surface area contributed by atoms with Crippen LogP contribution in [0.15, 0.2) is 0 Å². The van der Waals surface area contributed by atoms with Crippen LogP contribution in [-0.4, -0.2) is 61.6 Å². The molecule has 0 bridgehead atoms. The molecule has 4 N–H and O–H groups in total. The molecule has 0 aromatic rings. The van der Waals surface area contributed by atoms with Crippen LogP contribution in [0, 0.1) is 52.3 Å². The molecule has 10 nitrogen and oxygen atoms in total. The van der Waals surface area contributed by atoms with Gasteiger partial charge in [-0.15, -0.1) is 0 Å². The maximum Gasteiger partial charge on any atom is 0.397 e. The smallest absolute Gasteiger partial charge is 0.396 e. The van der Waals surface area contributed by atoms with E-state index < -0.39 is 33.0 Å². The summed E-state index contributed by atoms with van der Waals surface area (Å²) in [7, 11) is -9.17. The monoisotopic (exact) mass is 596 g/mol. The van der Waals surface area contributed by atoms with Crippen LogP contribution in [0.2, 0.25) is 0 Å². The average Bonchev–Trinajstić information content (AvgIpc) is 3.17. The van der Waals surface area contributed by atoms with Gasteiger partial charge in [-0.1, -0.05) is 27.2 Å². The Bertz CT molecular complexity index is 1060. The van der Waals surface area contributed by atoms with E-state index in [1.165, 1.54) is 0 Å². The van der Waals surface area contributed by atoms with Gasteiger partial charge in [0, 0.05) is 6.61 Å². The summed E-state index contributed by atoms with van der Waals surface area (Å²) in [4.78, 5) is 0. The van der Waals surface area contributed by atoms with Crippen LogP contribution in [0.5, 0.6) is 0 Å². The topological polar surface area (TPSA) is 168 Å². The molecule has 11 atom stereocenters. The molecule has 228 valence electrons. The van der Waals surface area contributed by atoms with Crippen LogP contribution in [0.3, 0.4) is 0 Å². The molecule has 0 aliphatic heterocycles. The minimum Gasteiger partial charge on any atom is -0.396 e. The van der Waals surface area contributed by atoms with E-state index in [2.05, 4.69) is 13.8 Å². The Kier molecular flexibility index (Phi) is 9.51. The highest BCUT2D eigenvalue weighted by atomic mass is 32.3. The fourth-order valence-electron chi connectivity index (χ4n) is 9.73. The third kappa shape index (κ3) is 6.84. The normalized spacial score (nSPS) is 42.3. The molecule has 0 amide bonds. The Morgan fingerprint density at radius 2 is 1.62 bits per heavy atom. The lowest BCUT2D eigenvalue weighted by Crippen LogP contribution is -2.57. The highest BCUT2D eigenvalue weighted by molar-refractivity contribution is 7.81. The maximum atomic E-state index is 11.4. The van der Waals surface area contributed by atoms with Crippen molar-refractivity contribution in [1.29, 1.82) is 0 Å². The van der Waals surface area contributed by atoms with Crippen molar-refractivity contribution in [2.45, 2.75) is 104 Å². The summed E-state index contributed by atoms with van der Waals surface area (Å²) in [5.41, 5.74) is -0.126. The van der Waals surface area contributed by atoms with Crippen molar-refractivity contribution in [2.75, 3.05) is 13.2 Å². The molecular weight excluding hydrogens is 548 g/mol. The average molecular weight is 597 g/mol. The number of hydrogen-bond donors (Lipinski definition) is 4. The van der Waals surface area contributed by atoms with Crippen molar-refractivity contribution in [3.05, 3.63) is 0 Å². The summed E-state index contributed by atoms with van der Waals surface area (Å²) in [6.45, 7) is 6.67. The van der Waals surface area contributed by atoms with Crippen LogP contribution in [0.1, 0.15) is 91.4 Å². The van der Waals surface area contributed by atoms with E-state index in [-0.39, 0.29) is 47.7 Å². The van der Waals surface area contributed by atoms with Gasteiger partial charge in [-0.05, 0) is 116 Å². The predicted molar refractivity (Wildman–Crippen MR) is 144 cm³/mol. The van der Waals surface area contributed by atoms with Gasteiger partial charge in [0.1, 0.15) is 6.10 Å². The van der Waals surface area contributed by atoms with Gasteiger partial charge < -0.3 is 10.2 Å². The SMILES string of the molecule is C[C@@H](CO)CCC[C@@H](COS(=O)(=O)O)[C@H]1CC[C@H]2[C@@H]3CCC4C[C@H](OS(=O)(=O)O)[C@@H](O)C[C@]4(C)[C@H]3CC[C@]12C. The maximum absolute atomic E-state index is 11.4. The Hall–Kier alpha value is -0.340. The quantitative estimate of drug-likeness (QED) is 0.256. The second kappa shape index (κ2) is 11.7. The molecule has 4 fully saturated rings. The largest absolute Gasteiger partial charge is 0.397 e. The summed E-state index contributed by atoms with van der Waals surface area (Å²) in [5.74, 6) is 1.98. The van der Waals surface area contributed by atoms with Crippen LogP contribution in [0.25, 0.3) is 0 Å². The van der Waals surface area contributed by atoms with Crippen molar-refractivity contribution in [2.24, 2.45) is 52.3 Å². The molecule has 0 aromatic carbocycles. The zero-order chi connectivity index (χ0) is 28.8. The molecule has 0 heterocycles. The van der Waals surface area contributed by atoms with E-state index in [9.17, 15) is 36.2 Å². The predicted octanol–water partition coefficient (Wildman–Crippen LogP) is 4.04. The molecule has 0 spiro atoms. The number of fused-ring (bicyclic) bond motifs is 5. The van der Waals surface area contributed by atoms with Gasteiger partial charge in [0.25, 0.3) is 0 Å². The lowest BCUT2D eigenvalue weighted by Gasteiger charge is -2.62. The molecule has 0 radical (unpaired) electrons. The van der Waals surface area contributed by atoms with Gasteiger partial charge in [0.05, 0.1) is 12.7 Å². The highest BCUT2D eigenvalue weighted by Gasteiger charge is 2.62. The molecular formula is C27H48O10S2. The second-order valence-corrected chi connectivity index (χ2v) is 15.8. The lowest BCUT2D eigenvalue weighted by molar-refractivity contribution is -0.157. The number of hydrogen-bond acceptors (Lipinski definition) is 8. The van der Waals surface area contributed by atoms with E-state index in [4.69, 9.17) is 8.37 Å². The zero-order valence-electron chi connectivity index (χ0n) is 23.4. The van der Waals surface area contributed by atoms with Gasteiger partial charge in [0.2, 0.25) is 0 Å². The summed E-state index contributed by atoms with van der Waals surface area (Å²) in [5, 5.41) is 20.3. The fraction of sp³-hybridized carbons (Fsp3) is 1.00. The third-order valence-corrected chi connectivity index (χ3v) is 12.5. The first-order valence-corrected chi connectivity index (χ1v) is 17.4. The van der Waals surface area contributed by atoms with Crippen LogP contribution in [0.4, 0.5) is 0 Å². The highest BCUT2D eigenvalue weighted by Crippen LogP contribution is 2.68. The second-order valence-electron chi connectivity index (χ2n) is 13.6. The molecule has 4 aliphatic rings. The minimum atomic E-state index is -4.64. The standard InChI is InChI=1S/C27H48O10S2/c1-17(15-28)5-4-6-18(16-36-38(30,31)32)21-9-10-22-20-8-7-19-13-25(37-39(33,34)35)24(29)14-27(19,3)23(20)11-12-26(21,22)2/h17-25,28-29H,4-16H2,1-3H3,(H,30,31,32)(H,33,34,35)/t17-,18+,19?,20+,21-,22+,23+,24+,25+,26-,27+/m1/s1. The Morgan fingerprint density at radius 1 is 0.923 bits per heavy atom. The molecule has 0 aromatic heterocycles. The molecule has 1 unspecified atom stereocenters. The van der Waals surface area contributed by atoms with Gasteiger partial charge in [0.15, 0.2) is 0 Å². The minimum absolute atomic E-state index is 0.00821. The van der Waals surface area contributed by atoms with E-state index in [1.54, 1.807) is 0 Å². The number of rotatable bonds is 11. The number of aliphatic hydroxyl groups is 2. The number of aliphatic hydroxyl groups excluding tert-OH is 2. The van der Waals surface area contributed by atoms with Crippen molar-refractivity contribution in [3.63, 3.8) is 0 Å². The van der Waals surface area contributed by atoms with Crippen molar-refractivity contribution < 1.29 is 44.5 Å². The van der Waals surface area contributed by atoms with Gasteiger partial charge in [-0.2, -0.15) is 16.8 Å². The first kappa shape index (κ1) is 31.6. The Morgan fingerprint density at radius 3 is 2.26 bits per heavy atom. The fourth-order valence-corrected chi connectivity index (χ4v) is 10.6. The van der Waals surface area contributed by atoms with Crippen LogP contribution >= 0.6 is 0 Å². The van der Waals surface area contributed by atoms with Gasteiger partial charge in [-0.25, -0.2) is 8.37 Å². The molecule has 12 heteroatoms. The van der Waals surface area contributed by atoms with Gasteiger partial charge >= 0.3 is 20.8 Å². The van der Waals surface area contributed by atoms with E-state index in [0.717, 1.165) is 57.8 Å². The summed E-state index contributed by atoms with van der Waals surface area (Å²) >= 11 is 0. The van der Waals surface area contributed by atoms with Crippen molar-refractivity contribution in [3.8, 4) is 0 Å². The molecule has 39 heavy (non-hydrogen) atoms. The Balaban J connectivity index is 1.50. The molecule has 4 aliphatic carbocycles. The lowest BCUT2D eigenvalue weighted by atomic mass is 9.44. The van der Waals surface area contributed by atoms with E-state index in [0.29, 0.717) is 30.6 Å². The van der Waals surface area contributed by atoms with Gasteiger partial charge in [-0.3, -0.25) is 9.11 Å². The zero-order valence-corrected chi connectivity index (χ0v) is 25.1.